The molecule has 0 aliphatic heterocycles. The van der Waals surface area contributed by atoms with Gasteiger partial charge in [0, 0.05) is 18.1 Å². The van der Waals surface area contributed by atoms with Crippen LogP contribution in [-0.2, 0) is 9.53 Å². The Kier molecular flexibility index (Phi) is 4.76. The van der Waals surface area contributed by atoms with Crippen molar-refractivity contribution in [2.24, 2.45) is 0 Å². The molecule has 0 bridgehead atoms. The molecule has 2 amide bonds. The van der Waals surface area contributed by atoms with Gasteiger partial charge in [0.15, 0.2) is 0 Å². The zero-order valence-electron chi connectivity index (χ0n) is 13.4. The van der Waals surface area contributed by atoms with Crippen LogP contribution in [0.25, 0.3) is 0 Å². The maximum absolute atomic E-state index is 11.8. The number of ether oxygens (including phenoxy) is 1. The molecule has 0 aromatic rings. The van der Waals surface area contributed by atoms with Gasteiger partial charge < -0.3 is 20.7 Å². The molecular formula is C15H27N3O3. The quantitative estimate of drug-likeness (QED) is 0.714. The molecule has 0 saturated heterocycles. The second-order valence-corrected chi connectivity index (χ2v) is 7.18. The number of amides is 2. The van der Waals surface area contributed by atoms with Gasteiger partial charge in [-0.1, -0.05) is 0 Å². The Bertz CT molecular complexity index is 395. The maximum Gasteiger partial charge on any atom is 0.407 e. The summed E-state index contributed by atoms with van der Waals surface area (Å²) in [5, 5.41) is 9.13. The van der Waals surface area contributed by atoms with Crippen molar-refractivity contribution < 1.29 is 14.3 Å². The van der Waals surface area contributed by atoms with Gasteiger partial charge in [0.05, 0.1) is 6.04 Å². The van der Waals surface area contributed by atoms with Gasteiger partial charge in [-0.25, -0.2) is 4.79 Å². The Hall–Kier alpha value is -1.30. The lowest BCUT2D eigenvalue weighted by Gasteiger charge is -2.38. The molecule has 6 heteroatoms. The third-order valence-corrected chi connectivity index (χ3v) is 3.66. The highest BCUT2D eigenvalue weighted by Crippen LogP contribution is 2.22. The van der Waals surface area contributed by atoms with Crippen LogP contribution in [0.3, 0.4) is 0 Å². The van der Waals surface area contributed by atoms with Crippen LogP contribution in [0.2, 0.25) is 0 Å². The predicted octanol–water partition coefficient (Wildman–Crippen LogP) is 1.30. The largest absolute Gasteiger partial charge is 0.444 e. The number of nitrogens with one attached hydrogen (secondary N) is 3. The number of hydrogen-bond donors (Lipinski definition) is 3. The molecule has 0 aromatic heterocycles. The first-order chi connectivity index (χ1) is 9.73. The lowest BCUT2D eigenvalue weighted by molar-refractivity contribution is -0.123. The van der Waals surface area contributed by atoms with Crippen LogP contribution >= 0.6 is 0 Å². The van der Waals surface area contributed by atoms with Crippen molar-refractivity contribution in [3.8, 4) is 0 Å². The van der Waals surface area contributed by atoms with Gasteiger partial charge in [-0.05, 0) is 53.4 Å². The van der Waals surface area contributed by atoms with E-state index < -0.39 is 5.60 Å². The van der Waals surface area contributed by atoms with Gasteiger partial charge in [-0.3, -0.25) is 4.79 Å². The number of carbonyl (C=O) groups is 2. The highest BCUT2D eigenvalue weighted by Gasteiger charge is 2.34. The summed E-state index contributed by atoms with van der Waals surface area (Å²) in [5.41, 5.74) is -0.471. The van der Waals surface area contributed by atoms with E-state index in [9.17, 15) is 9.59 Å². The molecule has 2 saturated carbocycles. The molecule has 1 unspecified atom stereocenters. The minimum absolute atomic E-state index is 0.0704. The standard InChI is InChI=1S/C15H27N3O3/c1-9(13(19)17-10-5-6-10)16-11-7-12(8-11)18-14(20)21-15(2,3)4/h9-12,16H,5-8H2,1-4H3,(H,17,19)(H,18,20). The molecule has 2 aliphatic carbocycles. The fourth-order valence-electron chi connectivity index (χ4n) is 2.33. The number of carbonyl (C=O) groups excluding carboxylic acids is 2. The zero-order valence-corrected chi connectivity index (χ0v) is 13.4. The summed E-state index contributed by atoms with van der Waals surface area (Å²) in [4.78, 5) is 23.4. The second kappa shape index (κ2) is 6.22. The Morgan fingerprint density at radius 2 is 1.67 bits per heavy atom. The molecule has 0 spiro atoms. The monoisotopic (exact) mass is 297 g/mol. The Morgan fingerprint density at radius 1 is 1.05 bits per heavy atom. The van der Waals surface area contributed by atoms with E-state index in [0.717, 1.165) is 25.7 Å². The number of rotatable bonds is 5. The van der Waals surface area contributed by atoms with Crippen molar-refractivity contribution in [3.63, 3.8) is 0 Å². The maximum atomic E-state index is 11.8. The van der Waals surface area contributed by atoms with Crippen molar-refractivity contribution in [2.75, 3.05) is 0 Å². The van der Waals surface area contributed by atoms with E-state index in [4.69, 9.17) is 4.74 Å². The minimum atomic E-state index is -0.471. The van der Waals surface area contributed by atoms with E-state index in [1.54, 1.807) is 0 Å². The van der Waals surface area contributed by atoms with Crippen LogP contribution in [0.5, 0.6) is 0 Å². The van der Waals surface area contributed by atoms with Crippen molar-refractivity contribution >= 4 is 12.0 Å². The first-order valence-electron chi connectivity index (χ1n) is 7.79. The average molecular weight is 297 g/mol. The molecule has 0 radical (unpaired) electrons. The van der Waals surface area contributed by atoms with E-state index in [1.807, 2.05) is 27.7 Å². The molecular weight excluding hydrogens is 270 g/mol. The molecule has 0 heterocycles. The van der Waals surface area contributed by atoms with Crippen molar-refractivity contribution in [3.05, 3.63) is 0 Å². The first-order valence-corrected chi connectivity index (χ1v) is 7.79. The fourth-order valence-corrected chi connectivity index (χ4v) is 2.33. The molecule has 21 heavy (non-hydrogen) atoms. The Balaban J connectivity index is 1.60. The summed E-state index contributed by atoms with van der Waals surface area (Å²) in [6.45, 7) is 7.42. The lowest BCUT2D eigenvalue weighted by atomic mass is 9.86. The highest BCUT2D eigenvalue weighted by molar-refractivity contribution is 5.81. The second-order valence-electron chi connectivity index (χ2n) is 7.18. The summed E-state index contributed by atoms with van der Waals surface area (Å²) in [6, 6.07) is 0.628. The summed E-state index contributed by atoms with van der Waals surface area (Å²) in [7, 11) is 0. The van der Waals surface area contributed by atoms with Gasteiger partial charge in [0.25, 0.3) is 0 Å². The van der Waals surface area contributed by atoms with Crippen LogP contribution in [0, 0.1) is 0 Å². The zero-order chi connectivity index (χ0) is 15.6. The van der Waals surface area contributed by atoms with Crippen LogP contribution in [0.15, 0.2) is 0 Å². The van der Waals surface area contributed by atoms with Crippen LogP contribution in [-0.4, -0.2) is 41.8 Å². The van der Waals surface area contributed by atoms with Crippen molar-refractivity contribution in [2.45, 2.75) is 83.1 Å². The Morgan fingerprint density at radius 3 is 2.19 bits per heavy atom. The summed E-state index contributed by atoms with van der Waals surface area (Å²) >= 11 is 0. The van der Waals surface area contributed by atoms with Gasteiger partial charge >= 0.3 is 6.09 Å². The molecule has 2 rings (SSSR count). The van der Waals surface area contributed by atoms with E-state index in [2.05, 4.69) is 16.0 Å². The number of alkyl carbamates (subject to hydrolysis) is 1. The van der Waals surface area contributed by atoms with Crippen LogP contribution in [0.1, 0.15) is 53.4 Å². The topological polar surface area (TPSA) is 79.5 Å². The third-order valence-electron chi connectivity index (χ3n) is 3.66. The number of hydrogen-bond acceptors (Lipinski definition) is 4. The Labute approximate surface area is 126 Å². The molecule has 120 valence electrons. The van der Waals surface area contributed by atoms with Crippen molar-refractivity contribution in [1.82, 2.24) is 16.0 Å². The fraction of sp³-hybridized carbons (Fsp3) is 0.867. The van der Waals surface area contributed by atoms with E-state index in [0.29, 0.717) is 6.04 Å². The summed E-state index contributed by atoms with van der Waals surface area (Å²) in [6.07, 6.45) is 3.50. The minimum Gasteiger partial charge on any atom is -0.444 e. The van der Waals surface area contributed by atoms with Gasteiger partial charge in [-0.2, -0.15) is 0 Å². The normalized spacial score (nSPS) is 26.5. The van der Waals surface area contributed by atoms with Gasteiger partial charge in [0.1, 0.15) is 5.60 Å². The third kappa shape index (κ3) is 5.53. The van der Waals surface area contributed by atoms with Gasteiger partial charge in [0.2, 0.25) is 5.91 Å². The summed E-state index contributed by atoms with van der Waals surface area (Å²) in [5.74, 6) is 0.0704. The molecule has 2 fully saturated rings. The molecule has 6 nitrogen and oxygen atoms in total. The molecule has 0 aromatic carbocycles. The highest BCUT2D eigenvalue weighted by atomic mass is 16.6. The van der Waals surface area contributed by atoms with Crippen molar-refractivity contribution in [1.29, 1.82) is 0 Å². The first kappa shape index (κ1) is 16.1. The lowest BCUT2D eigenvalue weighted by Crippen LogP contribution is -2.57. The van der Waals surface area contributed by atoms with E-state index >= 15 is 0 Å². The van der Waals surface area contributed by atoms with E-state index in [1.165, 1.54) is 0 Å². The summed E-state index contributed by atoms with van der Waals surface area (Å²) < 4.78 is 5.21. The molecule has 1 atom stereocenters. The van der Waals surface area contributed by atoms with Crippen LogP contribution < -0.4 is 16.0 Å². The SMILES string of the molecule is CC(NC1CC(NC(=O)OC(C)(C)C)C1)C(=O)NC1CC1. The van der Waals surface area contributed by atoms with Crippen LogP contribution in [0.4, 0.5) is 4.79 Å². The van der Waals surface area contributed by atoms with Gasteiger partial charge in [-0.15, -0.1) is 0 Å². The predicted molar refractivity (Wildman–Crippen MR) is 79.9 cm³/mol. The smallest absolute Gasteiger partial charge is 0.407 e. The molecule has 3 N–H and O–H groups in total. The molecule has 2 aliphatic rings. The average Bonchev–Trinajstić information content (AvgIpc) is 3.07. The van der Waals surface area contributed by atoms with E-state index in [-0.39, 0.29) is 30.1 Å².